The molecule has 0 unspecified atom stereocenters. The van der Waals surface area contributed by atoms with E-state index >= 15 is 0 Å². The molecule has 96 valence electrons. The number of thioether (sulfide) groups is 1. The molecule has 0 aromatic heterocycles. The highest BCUT2D eigenvalue weighted by Crippen LogP contribution is 2.15. The lowest BCUT2D eigenvalue weighted by Gasteiger charge is -2.22. The number of hydrazine groups is 1. The Balaban J connectivity index is 2.53. The Labute approximate surface area is 108 Å². The molecule has 0 aromatic carbocycles. The van der Waals surface area contributed by atoms with E-state index in [4.69, 9.17) is 0 Å². The van der Waals surface area contributed by atoms with Crippen LogP contribution in [0.1, 0.15) is 33.1 Å². The number of unbranched alkanes of at least 4 members (excludes halogenated alkanes) is 2. The summed E-state index contributed by atoms with van der Waals surface area (Å²) in [5.74, 6) is 0.862. The minimum absolute atomic E-state index is 0.0883. The molecule has 0 spiro atoms. The zero-order valence-corrected chi connectivity index (χ0v) is 11.5. The van der Waals surface area contributed by atoms with Gasteiger partial charge in [-0.2, -0.15) is 0 Å². The second-order valence-corrected chi connectivity index (χ2v) is 5.11. The summed E-state index contributed by atoms with van der Waals surface area (Å²) < 4.78 is 0. The lowest BCUT2D eigenvalue weighted by molar-refractivity contribution is -0.125. The molecule has 0 radical (unpaired) electrons. The molecular formula is C12H21N3OS. The van der Waals surface area contributed by atoms with Gasteiger partial charge in [0.2, 0.25) is 0 Å². The summed E-state index contributed by atoms with van der Waals surface area (Å²) in [5, 5.41) is 2.32. The molecule has 5 heteroatoms. The topological polar surface area (TPSA) is 44.7 Å². The number of amidine groups is 1. The van der Waals surface area contributed by atoms with Crippen molar-refractivity contribution in [1.29, 1.82) is 0 Å². The number of rotatable bonds is 6. The van der Waals surface area contributed by atoms with Crippen molar-refractivity contribution in [3.63, 3.8) is 0 Å². The third-order valence-electron chi connectivity index (χ3n) is 2.38. The van der Waals surface area contributed by atoms with Crippen molar-refractivity contribution in [2.75, 3.05) is 18.8 Å². The van der Waals surface area contributed by atoms with Gasteiger partial charge in [-0.15, -0.1) is 0 Å². The molecule has 0 fully saturated rings. The van der Waals surface area contributed by atoms with Gasteiger partial charge < -0.3 is 0 Å². The van der Waals surface area contributed by atoms with Crippen LogP contribution in [-0.4, -0.2) is 34.9 Å². The Kier molecular flexibility index (Phi) is 6.29. The molecule has 0 atom stereocenters. The van der Waals surface area contributed by atoms with Crippen LogP contribution in [0.3, 0.4) is 0 Å². The van der Waals surface area contributed by atoms with Gasteiger partial charge in [0, 0.05) is 17.9 Å². The Bertz CT molecular complexity index is 313. The number of aliphatic imine (C=N–C) groups is 1. The standard InChI is InChI=1S/C12H21N3OS/c1-4-5-6-7-14-15(11(16)10(2)3)12-13-8-9-17-12/h14H,2,4-9H2,1,3H3. The van der Waals surface area contributed by atoms with Crippen LogP contribution in [0.2, 0.25) is 0 Å². The number of carbonyl (C=O) groups excluding carboxylic acids is 1. The Hall–Kier alpha value is -0.810. The Morgan fingerprint density at radius 3 is 2.88 bits per heavy atom. The number of carbonyl (C=O) groups is 1. The van der Waals surface area contributed by atoms with E-state index in [1.165, 1.54) is 12.8 Å². The van der Waals surface area contributed by atoms with Gasteiger partial charge in [-0.3, -0.25) is 9.79 Å². The van der Waals surface area contributed by atoms with Gasteiger partial charge in [0.05, 0.1) is 6.54 Å². The van der Waals surface area contributed by atoms with Gasteiger partial charge >= 0.3 is 0 Å². The maximum Gasteiger partial charge on any atom is 0.269 e. The number of hydrogen-bond acceptors (Lipinski definition) is 4. The van der Waals surface area contributed by atoms with E-state index in [0.717, 1.165) is 30.4 Å². The minimum Gasteiger partial charge on any atom is -0.268 e. The molecule has 1 aliphatic heterocycles. The Morgan fingerprint density at radius 1 is 1.59 bits per heavy atom. The smallest absolute Gasteiger partial charge is 0.268 e. The van der Waals surface area contributed by atoms with Crippen LogP contribution in [-0.2, 0) is 4.79 Å². The molecule has 1 rings (SSSR count). The predicted octanol–water partition coefficient (Wildman–Crippen LogP) is 2.19. The number of amides is 1. The van der Waals surface area contributed by atoms with E-state index in [9.17, 15) is 4.79 Å². The predicted molar refractivity (Wildman–Crippen MR) is 73.9 cm³/mol. The number of nitrogens with zero attached hydrogens (tertiary/aromatic N) is 2. The van der Waals surface area contributed by atoms with Gasteiger partial charge in [-0.25, -0.2) is 10.4 Å². The van der Waals surface area contributed by atoms with Crippen LogP contribution in [0.15, 0.2) is 17.1 Å². The summed E-state index contributed by atoms with van der Waals surface area (Å²) in [4.78, 5) is 16.3. The lowest BCUT2D eigenvalue weighted by atomic mass is 10.2. The molecule has 1 amide bonds. The van der Waals surface area contributed by atoms with E-state index in [0.29, 0.717) is 5.57 Å². The molecule has 17 heavy (non-hydrogen) atoms. The van der Waals surface area contributed by atoms with Crippen molar-refractivity contribution in [2.24, 2.45) is 4.99 Å². The first-order chi connectivity index (χ1) is 8.16. The molecule has 4 nitrogen and oxygen atoms in total. The van der Waals surface area contributed by atoms with E-state index in [2.05, 4.69) is 23.9 Å². The van der Waals surface area contributed by atoms with Crippen molar-refractivity contribution in [3.05, 3.63) is 12.2 Å². The summed E-state index contributed by atoms with van der Waals surface area (Å²) in [7, 11) is 0. The highest BCUT2D eigenvalue weighted by Gasteiger charge is 2.22. The minimum atomic E-state index is -0.0883. The highest BCUT2D eigenvalue weighted by molar-refractivity contribution is 8.14. The molecular weight excluding hydrogens is 234 g/mol. The van der Waals surface area contributed by atoms with E-state index in [-0.39, 0.29) is 5.91 Å². The second kappa shape index (κ2) is 7.50. The van der Waals surface area contributed by atoms with Gasteiger partial charge in [0.1, 0.15) is 0 Å². The summed E-state index contributed by atoms with van der Waals surface area (Å²) in [6.07, 6.45) is 3.40. The van der Waals surface area contributed by atoms with E-state index in [1.54, 1.807) is 23.7 Å². The fraction of sp³-hybridized carbons (Fsp3) is 0.667. The van der Waals surface area contributed by atoms with Crippen LogP contribution < -0.4 is 5.43 Å². The van der Waals surface area contributed by atoms with Crippen molar-refractivity contribution in [2.45, 2.75) is 33.1 Å². The monoisotopic (exact) mass is 255 g/mol. The molecule has 0 bridgehead atoms. The summed E-state index contributed by atoms with van der Waals surface area (Å²) in [6.45, 7) is 9.17. The summed E-state index contributed by atoms with van der Waals surface area (Å²) >= 11 is 1.61. The lowest BCUT2D eigenvalue weighted by Crippen LogP contribution is -2.46. The third kappa shape index (κ3) is 4.52. The van der Waals surface area contributed by atoms with Crippen LogP contribution in [0, 0.1) is 0 Å². The highest BCUT2D eigenvalue weighted by atomic mass is 32.2. The first kappa shape index (κ1) is 14.3. The second-order valence-electron chi connectivity index (χ2n) is 4.05. The van der Waals surface area contributed by atoms with Crippen molar-refractivity contribution < 1.29 is 4.79 Å². The van der Waals surface area contributed by atoms with Crippen LogP contribution >= 0.6 is 11.8 Å². The van der Waals surface area contributed by atoms with Gasteiger partial charge in [-0.05, 0) is 13.3 Å². The quantitative estimate of drug-likeness (QED) is 0.449. The van der Waals surface area contributed by atoms with Gasteiger partial charge in [0.25, 0.3) is 5.91 Å². The first-order valence-corrected chi connectivity index (χ1v) is 7.06. The maximum atomic E-state index is 12.0. The normalized spacial score (nSPS) is 14.6. The van der Waals surface area contributed by atoms with Crippen LogP contribution in [0.5, 0.6) is 0 Å². The van der Waals surface area contributed by atoms with E-state index < -0.39 is 0 Å². The molecule has 0 aromatic rings. The van der Waals surface area contributed by atoms with Gasteiger partial charge in [0.15, 0.2) is 5.17 Å². The molecule has 0 aliphatic carbocycles. The average Bonchev–Trinajstić information content (AvgIpc) is 2.81. The molecule has 1 N–H and O–H groups in total. The average molecular weight is 255 g/mol. The zero-order valence-electron chi connectivity index (χ0n) is 10.7. The maximum absolute atomic E-state index is 12.0. The van der Waals surface area contributed by atoms with Crippen LogP contribution in [0.25, 0.3) is 0 Å². The number of hydrogen-bond donors (Lipinski definition) is 1. The number of nitrogens with one attached hydrogen (secondary N) is 1. The molecule has 0 saturated carbocycles. The molecule has 1 aliphatic rings. The summed E-state index contributed by atoms with van der Waals surface area (Å²) in [5.41, 5.74) is 3.68. The van der Waals surface area contributed by atoms with Crippen LogP contribution in [0.4, 0.5) is 0 Å². The first-order valence-electron chi connectivity index (χ1n) is 6.07. The van der Waals surface area contributed by atoms with Crippen molar-refractivity contribution >= 4 is 22.8 Å². The fourth-order valence-corrected chi connectivity index (χ4v) is 2.27. The SMILES string of the molecule is C=C(C)C(=O)N(NCCCCC)C1=NCCS1. The van der Waals surface area contributed by atoms with Crippen molar-refractivity contribution in [3.8, 4) is 0 Å². The fourth-order valence-electron chi connectivity index (χ4n) is 1.44. The zero-order chi connectivity index (χ0) is 12.7. The van der Waals surface area contributed by atoms with Crippen molar-refractivity contribution in [1.82, 2.24) is 10.4 Å². The van der Waals surface area contributed by atoms with E-state index in [1.807, 2.05) is 0 Å². The third-order valence-corrected chi connectivity index (χ3v) is 3.34. The van der Waals surface area contributed by atoms with Gasteiger partial charge in [-0.1, -0.05) is 38.1 Å². The molecule has 1 heterocycles. The summed E-state index contributed by atoms with van der Waals surface area (Å²) in [6, 6.07) is 0. The Morgan fingerprint density at radius 2 is 2.35 bits per heavy atom. The largest absolute Gasteiger partial charge is 0.269 e. The molecule has 0 saturated heterocycles.